The third kappa shape index (κ3) is 3.57. The molecule has 0 aliphatic carbocycles. The Morgan fingerprint density at radius 2 is 2.00 bits per heavy atom. The van der Waals surface area contributed by atoms with Crippen LogP contribution in [0.5, 0.6) is 0 Å². The zero-order chi connectivity index (χ0) is 14.8. The molecule has 20 heavy (non-hydrogen) atoms. The lowest BCUT2D eigenvalue weighted by Crippen LogP contribution is -2.21. The van der Waals surface area contributed by atoms with Gasteiger partial charge in [-0.25, -0.2) is 9.67 Å². The van der Waals surface area contributed by atoms with Gasteiger partial charge in [-0.15, -0.1) is 0 Å². The van der Waals surface area contributed by atoms with E-state index in [-0.39, 0.29) is 0 Å². The monoisotopic (exact) mass is 284 g/mol. The summed E-state index contributed by atoms with van der Waals surface area (Å²) in [5, 5.41) is 6.91. The molecule has 0 aliphatic heterocycles. The highest BCUT2D eigenvalue weighted by atomic mass is 19.4. The average Bonchev–Trinajstić information content (AvgIpc) is 2.86. The first-order valence-electron chi connectivity index (χ1n) is 6.17. The van der Waals surface area contributed by atoms with Crippen LogP contribution in [-0.2, 0) is 12.7 Å². The van der Waals surface area contributed by atoms with Gasteiger partial charge < -0.3 is 5.32 Å². The van der Waals surface area contributed by atoms with Crippen LogP contribution in [0.3, 0.4) is 0 Å². The highest BCUT2D eigenvalue weighted by Gasteiger charge is 2.32. The van der Waals surface area contributed by atoms with Crippen molar-refractivity contribution in [2.45, 2.75) is 32.6 Å². The molecule has 2 rings (SSSR count). The second-order valence-corrected chi connectivity index (χ2v) is 4.73. The van der Waals surface area contributed by atoms with Crippen LogP contribution in [0.1, 0.15) is 25.0 Å². The Hall–Kier alpha value is -1.89. The van der Waals surface area contributed by atoms with Crippen LogP contribution in [-0.4, -0.2) is 20.8 Å². The lowest BCUT2D eigenvalue weighted by molar-refractivity contribution is -0.137. The molecule has 2 aromatic heterocycles. The van der Waals surface area contributed by atoms with Crippen molar-refractivity contribution < 1.29 is 13.2 Å². The Balaban J connectivity index is 2.12. The van der Waals surface area contributed by atoms with Gasteiger partial charge in [0.1, 0.15) is 0 Å². The summed E-state index contributed by atoms with van der Waals surface area (Å²) in [4.78, 5) is 4.12. The molecule has 0 unspecified atom stereocenters. The molecule has 7 heteroatoms. The minimum atomic E-state index is -4.39. The molecule has 2 heterocycles. The van der Waals surface area contributed by atoms with Gasteiger partial charge in [-0.3, -0.25) is 0 Å². The normalized spacial score (nSPS) is 12.1. The van der Waals surface area contributed by atoms with Crippen LogP contribution in [0, 0.1) is 0 Å². The number of rotatable bonds is 4. The van der Waals surface area contributed by atoms with Crippen molar-refractivity contribution in [3.63, 3.8) is 0 Å². The molecule has 0 spiro atoms. The van der Waals surface area contributed by atoms with E-state index in [4.69, 9.17) is 0 Å². The molecule has 0 amide bonds. The van der Waals surface area contributed by atoms with E-state index in [9.17, 15) is 13.2 Å². The molecule has 0 aliphatic rings. The quantitative estimate of drug-likeness (QED) is 0.938. The summed E-state index contributed by atoms with van der Waals surface area (Å²) in [6.07, 6.45) is -1.05. The predicted octanol–water partition coefficient (Wildman–Crippen LogP) is 2.78. The molecular formula is C13H15F3N4. The number of nitrogens with zero attached hydrogens (tertiary/aromatic N) is 3. The van der Waals surface area contributed by atoms with Crippen molar-refractivity contribution in [2.24, 2.45) is 0 Å². The Labute approximate surface area is 114 Å². The van der Waals surface area contributed by atoms with Gasteiger partial charge in [-0.2, -0.15) is 18.3 Å². The number of hydrogen-bond donors (Lipinski definition) is 1. The number of halogens is 3. The van der Waals surface area contributed by atoms with Crippen molar-refractivity contribution in [1.82, 2.24) is 20.1 Å². The van der Waals surface area contributed by atoms with Gasteiger partial charge in [-0.1, -0.05) is 19.9 Å². The second-order valence-electron chi connectivity index (χ2n) is 4.73. The minimum absolute atomic E-state index is 0.355. The summed E-state index contributed by atoms with van der Waals surface area (Å²) in [6, 6.07) is 3.81. The maximum Gasteiger partial charge on any atom is 0.419 e. The molecular weight excluding hydrogens is 269 g/mol. The van der Waals surface area contributed by atoms with E-state index in [1.165, 1.54) is 0 Å². The van der Waals surface area contributed by atoms with E-state index in [2.05, 4.69) is 15.4 Å². The van der Waals surface area contributed by atoms with Crippen LogP contribution >= 0.6 is 0 Å². The zero-order valence-corrected chi connectivity index (χ0v) is 11.1. The van der Waals surface area contributed by atoms with Gasteiger partial charge in [0.05, 0.1) is 11.8 Å². The molecule has 0 saturated heterocycles. The lowest BCUT2D eigenvalue weighted by Gasteiger charge is -2.08. The van der Waals surface area contributed by atoms with Gasteiger partial charge in [-0.05, 0) is 11.6 Å². The van der Waals surface area contributed by atoms with Crippen molar-refractivity contribution in [3.05, 3.63) is 41.9 Å². The van der Waals surface area contributed by atoms with Gasteiger partial charge in [0, 0.05) is 25.0 Å². The van der Waals surface area contributed by atoms with Gasteiger partial charge >= 0.3 is 6.18 Å². The minimum Gasteiger partial charge on any atom is -0.310 e. The topological polar surface area (TPSA) is 42.7 Å². The second kappa shape index (κ2) is 5.62. The molecule has 0 fully saturated rings. The maximum absolute atomic E-state index is 12.5. The van der Waals surface area contributed by atoms with Crippen LogP contribution in [0.2, 0.25) is 0 Å². The first-order valence-corrected chi connectivity index (χ1v) is 6.17. The largest absolute Gasteiger partial charge is 0.419 e. The molecule has 0 saturated carbocycles. The first kappa shape index (κ1) is 14.5. The molecule has 0 atom stereocenters. The third-order valence-electron chi connectivity index (χ3n) is 2.67. The van der Waals surface area contributed by atoms with Gasteiger partial charge in [0.2, 0.25) is 0 Å². The fourth-order valence-corrected chi connectivity index (χ4v) is 1.57. The van der Waals surface area contributed by atoms with E-state index in [1.54, 1.807) is 12.3 Å². The number of aromatic nitrogens is 3. The first-order chi connectivity index (χ1) is 9.36. The van der Waals surface area contributed by atoms with Crippen LogP contribution in [0.4, 0.5) is 13.2 Å². The molecule has 0 bridgehead atoms. The van der Waals surface area contributed by atoms with Gasteiger partial charge in [0.25, 0.3) is 0 Å². The summed E-state index contributed by atoms with van der Waals surface area (Å²) >= 11 is 0. The third-order valence-corrected chi connectivity index (χ3v) is 2.67. The Morgan fingerprint density at radius 3 is 2.50 bits per heavy atom. The molecule has 2 aromatic rings. The van der Waals surface area contributed by atoms with Crippen LogP contribution < -0.4 is 5.32 Å². The number of alkyl halides is 3. The molecule has 0 radical (unpaired) electrons. The predicted molar refractivity (Wildman–Crippen MR) is 68.3 cm³/mol. The fraction of sp³-hybridized carbons (Fsp3) is 0.385. The lowest BCUT2D eigenvalue weighted by atomic mass is 10.2. The SMILES string of the molecule is CC(C)NCc1ccc(-n2cc(C(F)(F)F)cn2)nc1. The van der Waals surface area contributed by atoms with Gasteiger partial charge in [0.15, 0.2) is 5.82 Å². The summed E-state index contributed by atoms with van der Waals surface area (Å²) < 4.78 is 38.5. The summed E-state index contributed by atoms with van der Waals surface area (Å²) in [6.45, 7) is 4.73. The Bertz CT molecular complexity index is 558. The van der Waals surface area contributed by atoms with E-state index in [0.29, 0.717) is 18.4 Å². The van der Waals surface area contributed by atoms with E-state index >= 15 is 0 Å². The summed E-state index contributed by atoms with van der Waals surface area (Å²) in [5.41, 5.74) is 0.176. The van der Waals surface area contributed by atoms with Crippen molar-refractivity contribution in [3.8, 4) is 5.82 Å². The number of nitrogens with one attached hydrogen (secondary N) is 1. The Morgan fingerprint density at radius 1 is 1.25 bits per heavy atom. The fourth-order valence-electron chi connectivity index (χ4n) is 1.57. The van der Waals surface area contributed by atoms with E-state index in [0.717, 1.165) is 22.6 Å². The highest BCUT2D eigenvalue weighted by Crippen LogP contribution is 2.28. The smallest absolute Gasteiger partial charge is 0.310 e. The molecule has 4 nitrogen and oxygen atoms in total. The van der Waals surface area contributed by atoms with Crippen molar-refractivity contribution >= 4 is 0 Å². The summed E-state index contributed by atoms with van der Waals surface area (Å²) in [7, 11) is 0. The highest BCUT2D eigenvalue weighted by molar-refractivity contribution is 5.26. The van der Waals surface area contributed by atoms with E-state index < -0.39 is 11.7 Å². The number of pyridine rings is 1. The van der Waals surface area contributed by atoms with Crippen LogP contribution in [0.15, 0.2) is 30.7 Å². The van der Waals surface area contributed by atoms with Crippen molar-refractivity contribution in [2.75, 3.05) is 0 Å². The molecule has 108 valence electrons. The van der Waals surface area contributed by atoms with E-state index in [1.807, 2.05) is 19.9 Å². The van der Waals surface area contributed by atoms with Crippen LogP contribution in [0.25, 0.3) is 5.82 Å². The standard InChI is InChI=1S/C13H15F3N4/c1-9(2)17-5-10-3-4-12(18-6-10)20-8-11(7-19-20)13(14,15)16/h3-4,6-9,17H,5H2,1-2H3. The number of hydrogen-bond acceptors (Lipinski definition) is 3. The average molecular weight is 284 g/mol. The Kier molecular flexibility index (Phi) is 4.08. The maximum atomic E-state index is 12.5. The summed E-state index contributed by atoms with van der Waals surface area (Å²) in [5.74, 6) is 0.355. The molecule has 1 N–H and O–H groups in total. The molecule has 0 aromatic carbocycles. The zero-order valence-electron chi connectivity index (χ0n) is 11.1. The van der Waals surface area contributed by atoms with Crippen molar-refractivity contribution in [1.29, 1.82) is 0 Å².